The van der Waals surface area contributed by atoms with E-state index in [2.05, 4.69) is 23.8 Å². The summed E-state index contributed by atoms with van der Waals surface area (Å²) in [5.41, 5.74) is 13.9. The van der Waals surface area contributed by atoms with Gasteiger partial charge in [-0.05, 0) is 23.8 Å². The molecule has 2 rings (SSSR count). The Balaban J connectivity index is 2.45. The van der Waals surface area contributed by atoms with Gasteiger partial charge in [0.25, 0.3) is 0 Å². The van der Waals surface area contributed by atoms with E-state index in [1.54, 1.807) is 6.20 Å². The Bertz CT molecular complexity index is 359. The minimum Gasteiger partial charge on any atom is -0.368 e. The number of hydrogen-bond acceptors (Lipinski definition) is 4. The van der Waals surface area contributed by atoms with Gasteiger partial charge in [0.1, 0.15) is 0 Å². The summed E-state index contributed by atoms with van der Waals surface area (Å²) in [5, 5.41) is 0. The van der Waals surface area contributed by atoms with Crippen LogP contribution in [-0.2, 0) is 6.42 Å². The molecule has 1 unspecified atom stereocenters. The summed E-state index contributed by atoms with van der Waals surface area (Å²) in [6.07, 6.45) is 3.74. The number of nitrogens with two attached hydrogens (primary N) is 2. The van der Waals surface area contributed by atoms with Crippen LogP contribution >= 0.6 is 0 Å². The van der Waals surface area contributed by atoms with Gasteiger partial charge in [-0.3, -0.25) is 0 Å². The Morgan fingerprint density at radius 2 is 2.21 bits per heavy atom. The van der Waals surface area contributed by atoms with Gasteiger partial charge in [-0.1, -0.05) is 13.8 Å². The van der Waals surface area contributed by atoms with Crippen LogP contribution in [0.5, 0.6) is 0 Å². The monoisotopic (exact) mass is 192 g/mol. The van der Waals surface area contributed by atoms with Crippen LogP contribution in [0, 0.1) is 5.41 Å². The van der Waals surface area contributed by atoms with E-state index in [4.69, 9.17) is 11.5 Å². The minimum atomic E-state index is -0.000880. The summed E-state index contributed by atoms with van der Waals surface area (Å²) >= 11 is 0. The van der Waals surface area contributed by atoms with Crippen molar-refractivity contribution in [3.63, 3.8) is 0 Å². The third-order valence-electron chi connectivity index (χ3n) is 2.71. The van der Waals surface area contributed by atoms with E-state index in [-0.39, 0.29) is 11.5 Å². The van der Waals surface area contributed by atoms with Gasteiger partial charge in [-0.15, -0.1) is 0 Å². The highest BCUT2D eigenvalue weighted by atomic mass is 15.0. The van der Waals surface area contributed by atoms with Crippen molar-refractivity contribution in [2.45, 2.75) is 32.7 Å². The van der Waals surface area contributed by atoms with E-state index >= 15 is 0 Å². The van der Waals surface area contributed by atoms with Gasteiger partial charge in [0.05, 0.1) is 5.69 Å². The van der Waals surface area contributed by atoms with Gasteiger partial charge in [0.2, 0.25) is 5.95 Å². The Morgan fingerprint density at radius 3 is 2.93 bits per heavy atom. The van der Waals surface area contributed by atoms with Crippen molar-refractivity contribution in [2.24, 2.45) is 11.1 Å². The van der Waals surface area contributed by atoms with E-state index < -0.39 is 0 Å². The topological polar surface area (TPSA) is 77.8 Å². The highest BCUT2D eigenvalue weighted by molar-refractivity contribution is 5.30. The molecule has 1 aromatic heterocycles. The first-order chi connectivity index (χ1) is 6.48. The lowest BCUT2D eigenvalue weighted by molar-refractivity contribution is 0.278. The Kier molecular flexibility index (Phi) is 1.96. The third kappa shape index (κ3) is 1.57. The molecule has 1 aliphatic rings. The molecule has 0 spiro atoms. The molecular weight excluding hydrogens is 176 g/mol. The summed E-state index contributed by atoms with van der Waals surface area (Å²) in [6.45, 7) is 4.43. The van der Waals surface area contributed by atoms with Crippen LogP contribution in [0.1, 0.15) is 37.6 Å². The summed E-state index contributed by atoms with van der Waals surface area (Å²) in [5.74, 6) is 0.318. The SMILES string of the molecule is CC1(C)Cc2cnc(N)nc2C(N)C1. The molecule has 0 saturated carbocycles. The van der Waals surface area contributed by atoms with Gasteiger partial charge in [-0.2, -0.15) is 0 Å². The largest absolute Gasteiger partial charge is 0.368 e. The molecule has 0 saturated heterocycles. The van der Waals surface area contributed by atoms with E-state index in [9.17, 15) is 0 Å². The summed E-state index contributed by atoms with van der Waals surface area (Å²) in [4.78, 5) is 8.21. The minimum absolute atomic E-state index is 0.000880. The molecule has 0 amide bonds. The molecule has 14 heavy (non-hydrogen) atoms. The van der Waals surface area contributed by atoms with E-state index in [0.717, 1.165) is 24.1 Å². The van der Waals surface area contributed by atoms with Crippen molar-refractivity contribution in [3.8, 4) is 0 Å². The molecule has 4 N–H and O–H groups in total. The van der Waals surface area contributed by atoms with Gasteiger partial charge < -0.3 is 11.5 Å². The molecular formula is C10H16N4. The van der Waals surface area contributed by atoms with Crippen LogP contribution in [0.25, 0.3) is 0 Å². The van der Waals surface area contributed by atoms with E-state index in [0.29, 0.717) is 5.95 Å². The molecule has 1 aromatic rings. The first-order valence-electron chi connectivity index (χ1n) is 4.85. The zero-order valence-corrected chi connectivity index (χ0v) is 8.62. The Hall–Kier alpha value is -1.16. The molecule has 0 aromatic carbocycles. The van der Waals surface area contributed by atoms with Crippen molar-refractivity contribution in [3.05, 3.63) is 17.5 Å². The number of aromatic nitrogens is 2. The normalized spacial score (nSPS) is 24.4. The number of hydrogen-bond donors (Lipinski definition) is 2. The predicted molar refractivity (Wildman–Crippen MR) is 55.5 cm³/mol. The van der Waals surface area contributed by atoms with Crippen molar-refractivity contribution in [2.75, 3.05) is 5.73 Å². The van der Waals surface area contributed by atoms with Crippen LogP contribution in [0.4, 0.5) is 5.95 Å². The molecule has 1 aliphatic carbocycles. The van der Waals surface area contributed by atoms with E-state index in [1.165, 1.54) is 0 Å². The van der Waals surface area contributed by atoms with Crippen LogP contribution in [0.2, 0.25) is 0 Å². The summed E-state index contributed by atoms with van der Waals surface area (Å²) < 4.78 is 0. The Morgan fingerprint density at radius 1 is 1.50 bits per heavy atom. The number of fused-ring (bicyclic) bond motifs is 1. The molecule has 0 aliphatic heterocycles. The number of rotatable bonds is 0. The maximum absolute atomic E-state index is 6.05. The van der Waals surface area contributed by atoms with Crippen molar-refractivity contribution < 1.29 is 0 Å². The summed E-state index contributed by atoms with van der Waals surface area (Å²) in [7, 11) is 0. The average Bonchev–Trinajstić information content (AvgIpc) is 2.05. The summed E-state index contributed by atoms with van der Waals surface area (Å²) in [6, 6.07) is -0.000880. The molecule has 0 radical (unpaired) electrons. The zero-order valence-electron chi connectivity index (χ0n) is 8.62. The van der Waals surface area contributed by atoms with Crippen molar-refractivity contribution in [1.29, 1.82) is 0 Å². The number of anilines is 1. The van der Waals surface area contributed by atoms with E-state index in [1.807, 2.05) is 0 Å². The second-order valence-electron chi connectivity index (χ2n) is 4.79. The maximum Gasteiger partial charge on any atom is 0.220 e. The van der Waals surface area contributed by atoms with Gasteiger partial charge in [0, 0.05) is 12.2 Å². The molecule has 76 valence electrons. The molecule has 1 heterocycles. The van der Waals surface area contributed by atoms with Gasteiger partial charge >= 0.3 is 0 Å². The maximum atomic E-state index is 6.05. The number of nitrogens with zero attached hydrogens (tertiary/aromatic N) is 2. The van der Waals surface area contributed by atoms with Crippen LogP contribution < -0.4 is 11.5 Å². The fourth-order valence-electron chi connectivity index (χ4n) is 2.17. The van der Waals surface area contributed by atoms with Crippen LogP contribution in [-0.4, -0.2) is 9.97 Å². The first-order valence-corrected chi connectivity index (χ1v) is 4.85. The lowest BCUT2D eigenvalue weighted by Crippen LogP contribution is -2.31. The quantitative estimate of drug-likeness (QED) is 0.643. The standard InChI is InChI=1S/C10H16N4/c1-10(2)3-6-5-13-9(12)14-8(6)7(11)4-10/h5,7H,3-4,11H2,1-2H3,(H2,12,13,14). The highest BCUT2D eigenvalue weighted by Gasteiger charge is 2.31. The fraction of sp³-hybridized carbons (Fsp3) is 0.600. The predicted octanol–water partition coefficient (Wildman–Crippen LogP) is 1.03. The molecule has 0 fully saturated rings. The lowest BCUT2D eigenvalue weighted by Gasteiger charge is -2.34. The van der Waals surface area contributed by atoms with Crippen molar-refractivity contribution in [1.82, 2.24) is 9.97 Å². The first kappa shape index (κ1) is 9.40. The molecule has 0 bridgehead atoms. The second-order valence-corrected chi connectivity index (χ2v) is 4.79. The second kappa shape index (κ2) is 2.92. The lowest BCUT2D eigenvalue weighted by atomic mass is 9.74. The molecule has 4 heteroatoms. The number of nitrogen functional groups attached to an aromatic ring is 1. The molecule has 4 nitrogen and oxygen atoms in total. The van der Waals surface area contributed by atoms with Gasteiger partial charge in [0.15, 0.2) is 0 Å². The smallest absolute Gasteiger partial charge is 0.220 e. The highest BCUT2D eigenvalue weighted by Crippen LogP contribution is 2.38. The average molecular weight is 192 g/mol. The van der Waals surface area contributed by atoms with Crippen LogP contribution in [0.3, 0.4) is 0 Å². The Labute approximate surface area is 83.7 Å². The molecule has 1 atom stereocenters. The third-order valence-corrected chi connectivity index (χ3v) is 2.71. The zero-order chi connectivity index (χ0) is 10.3. The van der Waals surface area contributed by atoms with Crippen molar-refractivity contribution >= 4 is 5.95 Å². The van der Waals surface area contributed by atoms with Crippen LogP contribution in [0.15, 0.2) is 6.20 Å². The fourth-order valence-corrected chi connectivity index (χ4v) is 2.17. The van der Waals surface area contributed by atoms with Gasteiger partial charge in [-0.25, -0.2) is 9.97 Å².